The number of benzene rings is 2. The van der Waals surface area contributed by atoms with E-state index in [1.165, 1.54) is 5.69 Å². The number of hydrogen-bond donors (Lipinski definition) is 3. The topological polar surface area (TPSA) is 89.8 Å². The lowest BCUT2D eigenvalue weighted by Crippen LogP contribution is -2.44. The third-order valence-electron chi connectivity index (χ3n) is 6.82. The van der Waals surface area contributed by atoms with Gasteiger partial charge in [0.05, 0.1) is 11.4 Å². The van der Waals surface area contributed by atoms with E-state index in [1.54, 1.807) is 12.4 Å². The molecule has 1 atom stereocenters. The Morgan fingerprint density at radius 3 is 2.58 bits per heavy atom. The minimum absolute atomic E-state index is 0.0139. The predicted octanol–water partition coefficient (Wildman–Crippen LogP) is 3.87. The first-order valence-corrected chi connectivity index (χ1v) is 12.4. The molecule has 36 heavy (non-hydrogen) atoms. The number of piperazine rings is 1. The number of nitrogens with zero attached hydrogens (tertiary/aromatic N) is 4. The molecule has 4 N–H and O–H groups in total. The van der Waals surface area contributed by atoms with Crippen molar-refractivity contribution in [3.63, 3.8) is 0 Å². The largest absolute Gasteiger partial charge is 0.397 e. The lowest BCUT2D eigenvalue weighted by Gasteiger charge is -2.37. The smallest absolute Gasteiger partial charge is 0.224 e. The molecule has 1 saturated heterocycles. The molecule has 2 aromatic carbocycles. The monoisotopic (exact) mass is 483 g/mol. The zero-order valence-electron chi connectivity index (χ0n) is 20.8. The average Bonchev–Trinajstić information content (AvgIpc) is 2.90. The Bertz CT molecular complexity index is 1250. The summed E-state index contributed by atoms with van der Waals surface area (Å²) in [6.07, 6.45) is 5.94. The van der Waals surface area contributed by atoms with Crippen LogP contribution in [0, 0.1) is 0 Å². The van der Waals surface area contributed by atoms with Crippen LogP contribution in [0.1, 0.15) is 36.1 Å². The van der Waals surface area contributed by atoms with Gasteiger partial charge in [-0.15, -0.1) is 0 Å². The molecule has 0 aliphatic carbocycles. The summed E-state index contributed by atoms with van der Waals surface area (Å²) in [5, 5.41) is 5.00. The van der Waals surface area contributed by atoms with Gasteiger partial charge in [0.15, 0.2) is 0 Å². The van der Waals surface area contributed by atoms with Gasteiger partial charge in [-0.05, 0) is 60.6 Å². The maximum Gasteiger partial charge on any atom is 0.224 e. The molecule has 8 nitrogen and oxygen atoms in total. The third-order valence-corrected chi connectivity index (χ3v) is 6.82. The molecule has 5 rings (SSSR count). The summed E-state index contributed by atoms with van der Waals surface area (Å²) in [5.41, 5.74) is 16.6. The van der Waals surface area contributed by atoms with Crippen LogP contribution in [0.15, 0.2) is 73.2 Å². The quantitative estimate of drug-likeness (QED) is 0.490. The molecular weight excluding hydrogens is 450 g/mol. The number of aromatic nitrogens is 1. The molecule has 1 fully saturated rings. The second kappa shape index (κ2) is 10.3. The molecular formula is C28H33N7O. The molecule has 1 amide bonds. The average molecular weight is 484 g/mol. The first kappa shape index (κ1) is 23.7. The molecule has 186 valence electrons. The number of hydrogen-bond acceptors (Lipinski definition) is 7. The number of nitrogens with two attached hydrogens (primary N) is 1. The van der Waals surface area contributed by atoms with Gasteiger partial charge in [0.1, 0.15) is 6.04 Å². The van der Waals surface area contributed by atoms with Crippen molar-refractivity contribution in [2.75, 3.05) is 48.9 Å². The van der Waals surface area contributed by atoms with E-state index in [4.69, 9.17) is 5.73 Å². The van der Waals surface area contributed by atoms with Crippen LogP contribution in [0.4, 0.5) is 17.1 Å². The van der Waals surface area contributed by atoms with E-state index in [2.05, 4.69) is 62.9 Å². The lowest BCUT2D eigenvalue weighted by atomic mass is 9.91. The van der Waals surface area contributed by atoms with E-state index in [0.29, 0.717) is 12.1 Å². The van der Waals surface area contributed by atoms with E-state index in [-0.39, 0.29) is 11.9 Å². The molecule has 1 aromatic heterocycles. The minimum Gasteiger partial charge on any atom is -0.397 e. The first-order chi connectivity index (χ1) is 17.5. The van der Waals surface area contributed by atoms with Crippen molar-refractivity contribution in [1.29, 1.82) is 0 Å². The lowest BCUT2D eigenvalue weighted by molar-refractivity contribution is -0.115. The highest BCUT2D eigenvalue weighted by Crippen LogP contribution is 2.38. The van der Waals surface area contributed by atoms with Crippen molar-refractivity contribution < 1.29 is 4.79 Å². The number of likely N-dealkylation sites (N-methyl/N-ethyl adjacent to an activating group) is 1. The number of carbonyl (C=O) groups is 1. The number of carbonyl (C=O) groups excluding carboxylic acids is 1. The molecule has 0 radical (unpaired) electrons. The van der Waals surface area contributed by atoms with Crippen LogP contribution in [0.3, 0.4) is 0 Å². The Kier molecular flexibility index (Phi) is 6.77. The van der Waals surface area contributed by atoms with Crippen molar-refractivity contribution in [3.05, 3.63) is 89.9 Å². The van der Waals surface area contributed by atoms with Gasteiger partial charge in [-0.3, -0.25) is 20.2 Å². The highest BCUT2D eigenvalue weighted by Gasteiger charge is 2.29. The van der Waals surface area contributed by atoms with Gasteiger partial charge in [-0.1, -0.05) is 19.1 Å². The van der Waals surface area contributed by atoms with E-state index >= 15 is 0 Å². The van der Waals surface area contributed by atoms with Gasteiger partial charge in [-0.25, -0.2) is 0 Å². The number of pyridine rings is 1. The fraction of sp³-hybridized carbons (Fsp3) is 0.286. The van der Waals surface area contributed by atoms with E-state index in [0.717, 1.165) is 54.2 Å². The standard InChI is InChI=1S/C28H33N7O/c1-3-27(36)31-22-6-4-5-20(17-22)28-24-11-12-30-18-25(24)26(29)19-35(28)32-21-7-9-23(10-8-21)34-15-13-33(2)14-16-34/h4-12,17-19,28,32H,3,13-16,29H2,1-2H3,(H,31,36). The number of fused-ring (bicyclic) bond motifs is 1. The van der Waals surface area contributed by atoms with Crippen LogP contribution in [0.2, 0.25) is 0 Å². The normalized spacial score (nSPS) is 17.8. The highest BCUT2D eigenvalue weighted by molar-refractivity contribution is 5.90. The fourth-order valence-corrected chi connectivity index (χ4v) is 4.76. The zero-order valence-corrected chi connectivity index (χ0v) is 20.8. The summed E-state index contributed by atoms with van der Waals surface area (Å²) in [6.45, 7) is 6.06. The van der Waals surface area contributed by atoms with Crippen molar-refractivity contribution in [1.82, 2.24) is 14.9 Å². The molecule has 3 heterocycles. The van der Waals surface area contributed by atoms with Gasteiger partial charge in [0.25, 0.3) is 0 Å². The van der Waals surface area contributed by atoms with E-state index in [9.17, 15) is 4.79 Å². The van der Waals surface area contributed by atoms with Gasteiger partial charge in [0, 0.05) is 68.1 Å². The van der Waals surface area contributed by atoms with Crippen molar-refractivity contribution >= 4 is 28.7 Å². The maximum atomic E-state index is 12.0. The highest BCUT2D eigenvalue weighted by atomic mass is 16.1. The summed E-state index contributed by atoms with van der Waals surface area (Å²) in [4.78, 5) is 21.1. The molecule has 2 aliphatic heterocycles. The minimum atomic E-state index is -0.161. The molecule has 0 spiro atoms. The Morgan fingerprint density at radius 2 is 1.83 bits per heavy atom. The summed E-state index contributed by atoms with van der Waals surface area (Å²) in [6, 6.07) is 18.3. The number of anilines is 3. The molecule has 2 aliphatic rings. The number of amides is 1. The van der Waals surface area contributed by atoms with Crippen molar-refractivity contribution in [3.8, 4) is 0 Å². The zero-order chi connectivity index (χ0) is 25.1. The van der Waals surface area contributed by atoms with Crippen LogP contribution < -0.4 is 21.4 Å². The summed E-state index contributed by atoms with van der Waals surface area (Å²) >= 11 is 0. The van der Waals surface area contributed by atoms with Gasteiger partial charge in [-0.2, -0.15) is 0 Å². The molecule has 8 heteroatoms. The van der Waals surface area contributed by atoms with Gasteiger partial charge in [0.2, 0.25) is 5.91 Å². The Balaban J connectivity index is 1.43. The molecule has 3 aromatic rings. The summed E-state index contributed by atoms with van der Waals surface area (Å²) in [7, 11) is 2.17. The Labute approximate surface area is 212 Å². The predicted molar refractivity (Wildman–Crippen MR) is 145 cm³/mol. The Hall–Kier alpha value is -4.04. The summed E-state index contributed by atoms with van der Waals surface area (Å²) in [5.74, 6) is -0.0139. The van der Waals surface area contributed by atoms with Gasteiger partial charge < -0.3 is 20.9 Å². The summed E-state index contributed by atoms with van der Waals surface area (Å²) < 4.78 is 0. The molecule has 1 unspecified atom stereocenters. The van der Waals surface area contributed by atoms with Crippen molar-refractivity contribution in [2.45, 2.75) is 19.4 Å². The van der Waals surface area contributed by atoms with Crippen molar-refractivity contribution in [2.24, 2.45) is 5.73 Å². The number of rotatable bonds is 6. The maximum absolute atomic E-state index is 12.0. The second-order valence-corrected chi connectivity index (χ2v) is 9.33. The van der Waals surface area contributed by atoms with Gasteiger partial charge >= 0.3 is 0 Å². The third kappa shape index (κ3) is 4.99. The fourth-order valence-electron chi connectivity index (χ4n) is 4.76. The molecule has 0 bridgehead atoms. The van der Waals surface area contributed by atoms with Crippen LogP contribution in [-0.2, 0) is 4.79 Å². The number of nitrogens with one attached hydrogen (secondary N) is 2. The Morgan fingerprint density at radius 1 is 1.06 bits per heavy atom. The van der Waals surface area contributed by atoms with Crippen LogP contribution >= 0.6 is 0 Å². The molecule has 0 saturated carbocycles. The second-order valence-electron chi connectivity index (χ2n) is 9.33. The van der Waals surface area contributed by atoms with E-state index < -0.39 is 0 Å². The van der Waals surface area contributed by atoms with Crippen LogP contribution in [0.25, 0.3) is 5.70 Å². The SMILES string of the molecule is CCC(=O)Nc1cccc(C2c3ccncc3C(N)=CN2Nc2ccc(N3CCN(C)CC3)cc2)c1. The van der Waals surface area contributed by atoms with Crippen LogP contribution in [-0.4, -0.2) is 54.0 Å². The first-order valence-electron chi connectivity index (χ1n) is 12.4. The van der Waals surface area contributed by atoms with Crippen LogP contribution in [0.5, 0.6) is 0 Å². The number of hydrazine groups is 1. The van der Waals surface area contributed by atoms with E-state index in [1.807, 2.05) is 42.4 Å².